The Hall–Kier alpha value is -1.40. The van der Waals surface area contributed by atoms with Gasteiger partial charge in [-0.3, -0.25) is 0 Å². The third-order valence-corrected chi connectivity index (χ3v) is 5.81. The molecule has 0 aromatic heterocycles. The number of unbranched alkanes of at least 4 members (excludes halogenated alkanes) is 1. The molecular formula is C22H32O5. The highest BCUT2D eigenvalue weighted by Crippen LogP contribution is 2.49. The zero-order valence-corrected chi connectivity index (χ0v) is 15.8. The Kier molecular flexibility index (Phi) is 7.70. The molecule has 5 heteroatoms. The summed E-state index contributed by atoms with van der Waals surface area (Å²) < 4.78 is 11.5. The van der Waals surface area contributed by atoms with Gasteiger partial charge in [0.15, 0.2) is 0 Å². The molecule has 1 aromatic rings. The summed E-state index contributed by atoms with van der Waals surface area (Å²) in [5, 5.41) is 29.4. The first-order valence-corrected chi connectivity index (χ1v) is 10.1. The van der Waals surface area contributed by atoms with Gasteiger partial charge in [0, 0.05) is 19.1 Å². The molecule has 0 saturated heterocycles. The first kappa shape index (κ1) is 20.3. The Morgan fingerprint density at radius 2 is 1.93 bits per heavy atom. The molecule has 5 nitrogen and oxygen atoms in total. The Morgan fingerprint density at radius 3 is 2.70 bits per heavy atom. The zero-order valence-electron chi connectivity index (χ0n) is 15.8. The lowest BCUT2D eigenvalue weighted by Crippen LogP contribution is -2.21. The number of aliphatic hydroxyl groups is 3. The summed E-state index contributed by atoms with van der Waals surface area (Å²) in [6.07, 6.45) is 7.42. The highest BCUT2D eigenvalue weighted by atomic mass is 16.5. The Labute approximate surface area is 161 Å². The molecule has 2 unspecified atom stereocenters. The molecule has 0 spiro atoms. The molecule has 0 radical (unpaired) electrons. The van der Waals surface area contributed by atoms with Crippen molar-refractivity contribution in [3.63, 3.8) is 0 Å². The summed E-state index contributed by atoms with van der Waals surface area (Å²) in [7, 11) is 0. The van der Waals surface area contributed by atoms with E-state index in [2.05, 4.69) is 0 Å². The number of hydrogen-bond acceptors (Lipinski definition) is 5. The van der Waals surface area contributed by atoms with E-state index in [1.54, 1.807) is 6.08 Å². The summed E-state index contributed by atoms with van der Waals surface area (Å²) >= 11 is 0. The van der Waals surface area contributed by atoms with Gasteiger partial charge in [0.05, 0.1) is 12.2 Å². The van der Waals surface area contributed by atoms with Crippen molar-refractivity contribution in [1.29, 1.82) is 0 Å². The van der Waals surface area contributed by atoms with Gasteiger partial charge in [0.2, 0.25) is 0 Å². The monoisotopic (exact) mass is 376 g/mol. The first-order valence-electron chi connectivity index (χ1n) is 10.1. The van der Waals surface area contributed by atoms with Gasteiger partial charge in [-0.1, -0.05) is 30.4 Å². The van der Waals surface area contributed by atoms with Crippen LogP contribution in [0, 0.1) is 17.8 Å². The van der Waals surface area contributed by atoms with Crippen molar-refractivity contribution in [2.75, 3.05) is 19.8 Å². The number of benzene rings is 1. The predicted molar refractivity (Wildman–Crippen MR) is 103 cm³/mol. The van der Waals surface area contributed by atoms with Crippen LogP contribution in [-0.2, 0) is 4.74 Å². The Bertz CT molecular complexity index is 575. The average molecular weight is 376 g/mol. The summed E-state index contributed by atoms with van der Waals surface area (Å²) in [4.78, 5) is 0. The van der Waals surface area contributed by atoms with E-state index in [0.29, 0.717) is 18.4 Å². The number of para-hydroxylation sites is 1. The van der Waals surface area contributed by atoms with Gasteiger partial charge in [-0.25, -0.2) is 0 Å². The zero-order chi connectivity index (χ0) is 19.1. The maximum Gasteiger partial charge on any atom is 0.119 e. The topological polar surface area (TPSA) is 79.2 Å². The first-order chi connectivity index (χ1) is 13.2. The number of aliphatic hydroxyl groups excluding tert-OH is 3. The van der Waals surface area contributed by atoms with E-state index >= 15 is 0 Å². The molecule has 2 fully saturated rings. The number of hydrogen-bond donors (Lipinski definition) is 3. The molecular weight excluding hydrogens is 344 g/mol. The lowest BCUT2D eigenvalue weighted by atomic mass is 9.90. The van der Waals surface area contributed by atoms with Crippen molar-refractivity contribution < 1.29 is 24.8 Å². The largest absolute Gasteiger partial charge is 0.491 e. The van der Waals surface area contributed by atoms with Crippen LogP contribution in [0.15, 0.2) is 42.5 Å². The predicted octanol–water partition coefficient (Wildman–Crippen LogP) is 2.55. The van der Waals surface area contributed by atoms with E-state index in [-0.39, 0.29) is 31.3 Å². The standard InChI is InChI=1S/C22H32O5/c23-10-4-5-11-26-19-12-16-13-22(25)20(21(16)14-19)9-8-17(24)15-27-18-6-2-1-3-7-18/h1-3,6-9,16-17,19-25H,4-5,10-15H2/t16-,17?,19?,20-,21+,22-/m0/s1. The van der Waals surface area contributed by atoms with E-state index in [9.17, 15) is 10.2 Å². The van der Waals surface area contributed by atoms with Gasteiger partial charge in [-0.05, 0) is 56.1 Å². The van der Waals surface area contributed by atoms with Gasteiger partial charge in [-0.15, -0.1) is 0 Å². The quantitative estimate of drug-likeness (QED) is 0.432. The number of rotatable bonds is 10. The molecule has 2 aliphatic rings. The molecule has 27 heavy (non-hydrogen) atoms. The van der Waals surface area contributed by atoms with Crippen molar-refractivity contribution in [3.05, 3.63) is 42.5 Å². The second-order valence-electron chi connectivity index (χ2n) is 7.78. The maximum atomic E-state index is 10.4. The van der Waals surface area contributed by atoms with E-state index < -0.39 is 6.10 Å². The van der Waals surface area contributed by atoms with Crippen LogP contribution in [0.1, 0.15) is 32.1 Å². The van der Waals surface area contributed by atoms with Crippen molar-refractivity contribution in [3.8, 4) is 5.75 Å². The van der Waals surface area contributed by atoms with Crippen molar-refractivity contribution in [2.24, 2.45) is 17.8 Å². The molecule has 0 heterocycles. The van der Waals surface area contributed by atoms with Crippen molar-refractivity contribution >= 4 is 0 Å². The Morgan fingerprint density at radius 1 is 1.11 bits per heavy atom. The molecule has 3 rings (SSSR count). The molecule has 3 N–H and O–H groups in total. The minimum Gasteiger partial charge on any atom is -0.491 e. The van der Waals surface area contributed by atoms with Crippen LogP contribution in [0.4, 0.5) is 0 Å². The molecule has 2 aliphatic carbocycles. The molecule has 6 atom stereocenters. The highest BCUT2D eigenvalue weighted by molar-refractivity contribution is 5.21. The molecule has 0 bridgehead atoms. The van der Waals surface area contributed by atoms with Crippen LogP contribution in [0.2, 0.25) is 0 Å². The molecule has 2 saturated carbocycles. The highest BCUT2D eigenvalue weighted by Gasteiger charge is 2.47. The van der Waals surface area contributed by atoms with Gasteiger partial charge >= 0.3 is 0 Å². The van der Waals surface area contributed by atoms with Crippen LogP contribution >= 0.6 is 0 Å². The smallest absolute Gasteiger partial charge is 0.119 e. The third kappa shape index (κ3) is 5.79. The number of ether oxygens (including phenoxy) is 2. The van der Waals surface area contributed by atoms with Gasteiger partial charge in [-0.2, -0.15) is 0 Å². The maximum absolute atomic E-state index is 10.4. The van der Waals surface area contributed by atoms with Gasteiger partial charge in [0.25, 0.3) is 0 Å². The third-order valence-electron chi connectivity index (χ3n) is 5.81. The second kappa shape index (κ2) is 10.2. The fourth-order valence-electron chi connectivity index (χ4n) is 4.48. The average Bonchev–Trinajstić information content (AvgIpc) is 3.19. The second-order valence-corrected chi connectivity index (χ2v) is 7.78. The molecule has 1 aromatic carbocycles. The number of fused-ring (bicyclic) bond motifs is 1. The van der Waals surface area contributed by atoms with Crippen molar-refractivity contribution in [1.82, 2.24) is 0 Å². The minimum absolute atomic E-state index is 0.0763. The van der Waals surface area contributed by atoms with E-state index in [1.807, 2.05) is 36.4 Å². The van der Waals surface area contributed by atoms with Crippen LogP contribution in [0.25, 0.3) is 0 Å². The fraction of sp³-hybridized carbons (Fsp3) is 0.636. The van der Waals surface area contributed by atoms with Crippen LogP contribution in [0.3, 0.4) is 0 Å². The normalized spacial score (nSPS) is 31.3. The SMILES string of the molecule is OCCCCOC1C[C@H]2C[C@H](O)[C@@H](C=CC(O)COc3ccccc3)[C@@H]2C1. The molecule has 0 aliphatic heterocycles. The van der Waals surface area contributed by atoms with E-state index in [1.165, 1.54) is 0 Å². The molecule has 0 amide bonds. The summed E-state index contributed by atoms with van der Waals surface area (Å²) in [5.74, 6) is 1.73. The summed E-state index contributed by atoms with van der Waals surface area (Å²) in [6, 6.07) is 9.44. The van der Waals surface area contributed by atoms with E-state index in [4.69, 9.17) is 14.6 Å². The van der Waals surface area contributed by atoms with Crippen LogP contribution in [0.5, 0.6) is 5.75 Å². The van der Waals surface area contributed by atoms with Crippen LogP contribution < -0.4 is 4.74 Å². The van der Waals surface area contributed by atoms with E-state index in [0.717, 1.165) is 37.9 Å². The summed E-state index contributed by atoms with van der Waals surface area (Å²) in [6.45, 7) is 1.12. The Balaban J connectivity index is 1.45. The lowest BCUT2D eigenvalue weighted by molar-refractivity contribution is 0.0397. The van der Waals surface area contributed by atoms with Gasteiger partial charge in [0.1, 0.15) is 18.5 Å². The summed E-state index contributed by atoms with van der Waals surface area (Å²) in [5.41, 5.74) is 0. The molecule has 150 valence electrons. The lowest BCUT2D eigenvalue weighted by Gasteiger charge is -2.19. The van der Waals surface area contributed by atoms with Crippen molar-refractivity contribution in [2.45, 2.75) is 50.4 Å². The van der Waals surface area contributed by atoms with Crippen LogP contribution in [-0.4, -0.2) is 53.5 Å². The minimum atomic E-state index is -0.691. The fourth-order valence-corrected chi connectivity index (χ4v) is 4.48. The van der Waals surface area contributed by atoms with Gasteiger partial charge < -0.3 is 24.8 Å².